The highest BCUT2D eigenvalue weighted by molar-refractivity contribution is 7.89. The molecule has 228 valence electrons. The zero-order chi connectivity index (χ0) is 30.9. The van der Waals surface area contributed by atoms with Gasteiger partial charge in [-0.3, -0.25) is 5.32 Å². The number of sulfonamides is 1. The molecule has 11 heteroatoms. The molecule has 0 saturated carbocycles. The number of nitrogens with zero attached hydrogens (tertiary/aromatic N) is 4. The van der Waals surface area contributed by atoms with Crippen molar-refractivity contribution >= 4 is 27.6 Å². The maximum absolute atomic E-state index is 13.3. The molecular weight excluding hydrogens is 564 g/mol. The van der Waals surface area contributed by atoms with Crippen LogP contribution in [-0.4, -0.2) is 46.8 Å². The molecule has 0 aliphatic carbocycles. The van der Waals surface area contributed by atoms with Crippen LogP contribution in [0.15, 0.2) is 64.0 Å². The van der Waals surface area contributed by atoms with E-state index < -0.39 is 10.0 Å². The third-order valence-corrected chi connectivity index (χ3v) is 10.1. The first-order valence-electron chi connectivity index (χ1n) is 14.6. The van der Waals surface area contributed by atoms with E-state index in [0.717, 1.165) is 34.6 Å². The summed E-state index contributed by atoms with van der Waals surface area (Å²) in [7, 11) is -3.66. The molecule has 1 aliphatic heterocycles. The Morgan fingerprint density at radius 2 is 1.67 bits per heavy atom. The maximum Gasteiger partial charge on any atom is 0.324 e. The molecule has 2 N–H and O–H groups in total. The molecule has 0 radical (unpaired) electrons. The van der Waals surface area contributed by atoms with Gasteiger partial charge in [0.05, 0.1) is 11.4 Å². The van der Waals surface area contributed by atoms with E-state index in [1.807, 2.05) is 61.5 Å². The topological polar surface area (TPSA) is 122 Å². The fraction of sp³-hybridized carbons (Fsp3) is 0.406. The van der Waals surface area contributed by atoms with Gasteiger partial charge in [-0.2, -0.15) is 9.40 Å². The number of anilines is 2. The first-order valence-corrected chi connectivity index (χ1v) is 16.0. The normalized spacial score (nSPS) is 15.0. The number of hydrogen-bond acceptors (Lipinski definition) is 6. The van der Waals surface area contributed by atoms with Crippen molar-refractivity contribution < 1.29 is 17.7 Å². The molecule has 43 heavy (non-hydrogen) atoms. The second-order valence-corrected chi connectivity index (χ2v) is 14.2. The number of aromatic nitrogens is 3. The van der Waals surface area contributed by atoms with E-state index in [-0.39, 0.29) is 22.3 Å². The van der Waals surface area contributed by atoms with Crippen molar-refractivity contribution in [1.82, 2.24) is 19.2 Å². The third kappa shape index (κ3) is 6.67. The lowest BCUT2D eigenvalue weighted by atomic mass is 9.90. The molecule has 3 heterocycles. The van der Waals surface area contributed by atoms with Crippen molar-refractivity contribution in [2.24, 2.45) is 5.92 Å². The average Bonchev–Trinajstić information content (AvgIpc) is 3.53. The Morgan fingerprint density at radius 1 is 1.00 bits per heavy atom. The van der Waals surface area contributed by atoms with Gasteiger partial charge in [0, 0.05) is 30.3 Å². The lowest BCUT2D eigenvalue weighted by molar-refractivity contribution is 0.261. The number of urea groups is 1. The molecule has 2 aromatic heterocycles. The van der Waals surface area contributed by atoms with Crippen LogP contribution in [0, 0.1) is 26.7 Å². The second-order valence-electron chi connectivity index (χ2n) is 12.4. The van der Waals surface area contributed by atoms with E-state index in [2.05, 4.69) is 36.6 Å². The number of benzene rings is 2. The monoisotopic (exact) mass is 604 g/mol. The largest absolute Gasteiger partial charge is 0.360 e. The van der Waals surface area contributed by atoms with Crippen LogP contribution in [0.1, 0.15) is 61.9 Å². The lowest BCUT2D eigenvalue weighted by Crippen LogP contribution is -2.39. The van der Waals surface area contributed by atoms with Crippen molar-refractivity contribution in [3.63, 3.8) is 0 Å². The van der Waals surface area contributed by atoms with Crippen LogP contribution in [0.5, 0.6) is 0 Å². The van der Waals surface area contributed by atoms with Crippen LogP contribution in [0.25, 0.3) is 5.69 Å². The first-order chi connectivity index (χ1) is 20.3. The predicted octanol–water partition coefficient (Wildman–Crippen LogP) is 6.37. The first kappa shape index (κ1) is 30.5. The zero-order valence-electron chi connectivity index (χ0n) is 25.6. The summed E-state index contributed by atoms with van der Waals surface area (Å²) in [4.78, 5) is 13.5. The van der Waals surface area contributed by atoms with Gasteiger partial charge in [-0.25, -0.2) is 17.9 Å². The molecule has 1 aliphatic rings. The summed E-state index contributed by atoms with van der Waals surface area (Å²) in [6, 6.07) is 17.3. The number of rotatable bonds is 7. The van der Waals surface area contributed by atoms with E-state index in [1.54, 1.807) is 18.5 Å². The Kier molecular flexibility index (Phi) is 8.49. The molecule has 1 fully saturated rings. The highest BCUT2D eigenvalue weighted by Gasteiger charge is 2.34. The van der Waals surface area contributed by atoms with E-state index in [9.17, 15) is 13.2 Å². The molecule has 5 rings (SSSR count). The smallest absolute Gasteiger partial charge is 0.324 e. The fourth-order valence-corrected chi connectivity index (χ4v) is 7.21. The number of carbonyl (C=O) groups excluding carboxylic acids is 1. The van der Waals surface area contributed by atoms with Crippen LogP contribution in [-0.2, 0) is 21.9 Å². The Bertz CT molecular complexity index is 1690. The Morgan fingerprint density at radius 3 is 2.30 bits per heavy atom. The Labute approximate surface area is 253 Å². The maximum atomic E-state index is 13.3. The average molecular weight is 605 g/mol. The highest BCUT2D eigenvalue weighted by Crippen LogP contribution is 2.31. The quantitative estimate of drug-likeness (QED) is 0.253. The molecule has 0 atom stereocenters. The molecule has 0 bridgehead atoms. The highest BCUT2D eigenvalue weighted by atomic mass is 32.2. The summed E-state index contributed by atoms with van der Waals surface area (Å²) in [5.41, 5.74) is 4.79. The van der Waals surface area contributed by atoms with Gasteiger partial charge in [0.1, 0.15) is 16.4 Å². The predicted molar refractivity (Wildman–Crippen MR) is 167 cm³/mol. The van der Waals surface area contributed by atoms with Crippen molar-refractivity contribution in [3.8, 4) is 5.69 Å². The third-order valence-electron chi connectivity index (χ3n) is 7.91. The minimum atomic E-state index is -3.66. The SMILES string of the molecule is Cc1ccc(-n2nc(C(C)(C)C)cc2NC(=O)Nc2ccccc2CC2CCN(S(=O)(=O)c3c(C)noc3C)CC2)cc1. The van der Waals surface area contributed by atoms with Gasteiger partial charge in [0.15, 0.2) is 5.76 Å². The zero-order valence-corrected chi connectivity index (χ0v) is 26.5. The van der Waals surface area contributed by atoms with E-state index >= 15 is 0 Å². The van der Waals surface area contributed by atoms with Crippen molar-refractivity contribution in [1.29, 1.82) is 0 Å². The minimum Gasteiger partial charge on any atom is -0.360 e. The van der Waals surface area contributed by atoms with Crippen molar-refractivity contribution in [3.05, 3.63) is 82.9 Å². The number of amides is 2. The molecule has 1 saturated heterocycles. The standard InChI is InChI=1S/C32H40N6O4S/c1-21-11-13-26(14-12-21)38-29(20-28(35-38)32(4,5)6)34-31(39)33-27-10-8-7-9-25(27)19-24-15-17-37(18-16-24)43(40,41)30-22(2)36-42-23(30)3/h7-14,20,24H,15-19H2,1-6H3,(H2,33,34,39). The summed E-state index contributed by atoms with van der Waals surface area (Å²) in [6.07, 6.45) is 2.16. The van der Waals surface area contributed by atoms with E-state index in [0.29, 0.717) is 43.2 Å². The summed E-state index contributed by atoms with van der Waals surface area (Å²) < 4.78 is 34.9. The number of piperidine rings is 1. The molecular formula is C32H40N6O4S. The van der Waals surface area contributed by atoms with Gasteiger partial charge in [-0.05, 0) is 69.7 Å². The van der Waals surface area contributed by atoms with Gasteiger partial charge in [0.25, 0.3) is 0 Å². The molecule has 2 aromatic carbocycles. The Hall–Kier alpha value is -3.96. The van der Waals surface area contributed by atoms with Crippen LogP contribution in [0.4, 0.5) is 16.3 Å². The van der Waals surface area contributed by atoms with E-state index in [4.69, 9.17) is 9.62 Å². The number of hydrogen-bond donors (Lipinski definition) is 2. The number of para-hydroxylation sites is 1. The van der Waals surface area contributed by atoms with Gasteiger partial charge in [0.2, 0.25) is 10.0 Å². The van der Waals surface area contributed by atoms with Gasteiger partial charge >= 0.3 is 6.03 Å². The molecule has 0 spiro atoms. The summed E-state index contributed by atoms with van der Waals surface area (Å²) >= 11 is 0. The van der Waals surface area contributed by atoms with Crippen LogP contribution in [0.2, 0.25) is 0 Å². The van der Waals surface area contributed by atoms with Crippen LogP contribution in [0.3, 0.4) is 0 Å². The summed E-state index contributed by atoms with van der Waals surface area (Å²) in [6.45, 7) is 12.4. The van der Waals surface area contributed by atoms with Gasteiger partial charge < -0.3 is 9.84 Å². The van der Waals surface area contributed by atoms with Gasteiger partial charge in [-0.15, -0.1) is 0 Å². The molecule has 2 amide bonds. The number of carbonyl (C=O) groups is 1. The molecule has 10 nitrogen and oxygen atoms in total. The van der Waals surface area contributed by atoms with Crippen molar-refractivity contribution in [2.75, 3.05) is 23.7 Å². The fourth-order valence-electron chi connectivity index (χ4n) is 5.45. The molecule has 0 unspecified atom stereocenters. The van der Waals surface area contributed by atoms with Crippen LogP contribution >= 0.6 is 0 Å². The molecule has 4 aromatic rings. The van der Waals surface area contributed by atoms with E-state index in [1.165, 1.54) is 4.31 Å². The number of aryl methyl sites for hydroxylation is 3. The lowest BCUT2D eigenvalue weighted by Gasteiger charge is -2.31. The van der Waals surface area contributed by atoms with Crippen molar-refractivity contribution in [2.45, 2.75) is 71.1 Å². The number of nitrogens with one attached hydrogen (secondary N) is 2. The summed E-state index contributed by atoms with van der Waals surface area (Å²) in [5.74, 6) is 1.17. The second kappa shape index (κ2) is 12.0. The summed E-state index contributed by atoms with van der Waals surface area (Å²) in [5, 5.41) is 14.7. The van der Waals surface area contributed by atoms with Gasteiger partial charge in [-0.1, -0.05) is 61.8 Å². The minimum absolute atomic E-state index is 0.171. The van der Waals surface area contributed by atoms with Crippen LogP contribution < -0.4 is 10.6 Å². The Balaban J connectivity index is 1.27.